The second-order valence-corrected chi connectivity index (χ2v) is 7.83. The van der Waals surface area contributed by atoms with Gasteiger partial charge in [-0.15, -0.1) is 0 Å². The molecule has 3 aromatic rings. The second kappa shape index (κ2) is 8.20. The van der Waals surface area contributed by atoms with Gasteiger partial charge >= 0.3 is 6.18 Å². The molecule has 4 rings (SSSR count). The number of halogens is 4. The van der Waals surface area contributed by atoms with Crippen LogP contribution in [-0.4, -0.2) is 29.0 Å². The van der Waals surface area contributed by atoms with Gasteiger partial charge in [0.25, 0.3) is 0 Å². The van der Waals surface area contributed by atoms with Gasteiger partial charge in [-0.3, -0.25) is 4.90 Å². The average Bonchev–Trinajstić information content (AvgIpc) is 2.70. The van der Waals surface area contributed by atoms with Gasteiger partial charge in [-0.1, -0.05) is 41.9 Å². The van der Waals surface area contributed by atoms with E-state index in [-0.39, 0.29) is 6.04 Å². The van der Waals surface area contributed by atoms with Crippen LogP contribution in [0.15, 0.2) is 54.6 Å². The quantitative estimate of drug-likeness (QED) is 0.563. The lowest BCUT2D eigenvalue weighted by molar-refractivity contribution is -0.140. The Hall–Kier alpha value is -2.31. The molecule has 1 aliphatic rings. The van der Waals surface area contributed by atoms with Gasteiger partial charge in [-0.2, -0.15) is 13.2 Å². The Morgan fingerprint density at radius 3 is 2.41 bits per heavy atom. The third kappa shape index (κ3) is 4.82. The lowest BCUT2D eigenvalue weighted by Crippen LogP contribution is -2.38. The first-order valence-corrected chi connectivity index (χ1v) is 9.96. The van der Waals surface area contributed by atoms with Crippen molar-refractivity contribution in [3.8, 4) is 0 Å². The molecule has 1 fully saturated rings. The average molecular weight is 420 g/mol. The molecule has 0 bridgehead atoms. The predicted molar refractivity (Wildman–Crippen MR) is 110 cm³/mol. The SMILES string of the molecule is FC(F)(F)c1cc(NC2CCN(Cc3ccc(Cl)cc3)CC2)c2ccccc2n1. The summed E-state index contributed by atoms with van der Waals surface area (Å²) in [6, 6.07) is 16.0. The molecular weight excluding hydrogens is 399 g/mol. The first-order chi connectivity index (χ1) is 13.9. The molecule has 0 amide bonds. The lowest BCUT2D eigenvalue weighted by Gasteiger charge is -2.33. The smallest absolute Gasteiger partial charge is 0.382 e. The first kappa shape index (κ1) is 20.0. The molecule has 1 saturated heterocycles. The van der Waals surface area contributed by atoms with Crippen LogP contribution < -0.4 is 5.32 Å². The molecule has 0 aliphatic carbocycles. The molecule has 1 aromatic heterocycles. The van der Waals surface area contributed by atoms with E-state index in [9.17, 15) is 13.2 Å². The van der Waals surface area contributed by atoms with Gasteiger partial charge < -0.3 is 5.32 Å². The van der Waals surface area contributed by atoms with E-state index in [0.29, 0.717) is 16.6 Å². The summed E-state index contributed by atoms with van der Waals surface area (Å²) in [5.41, 5.74) is 1.19. The van der Waals surface area contributed by atoms with Crippen LogP contribution in [0, 0.1) is 0 Å². The van der Waals surface area contributed by atoms with Crippen molar-refractivity contribution in [1.82, 2.24) is 9.88 Å². The fourth-order valence-corrected chi connectivity index (χ4v) is 3.87. The van der Waals surface area contributed by atoms with Crippen molar-refractivity contribution in [2.24, 2.45) is 0 Å². The molecular formula is C22H21ClF3N3. The number of rotatable bonds is 4. The number of piperidine rings is 1. The minimum Gasteiger partial charge on any atom is -0.382 e. The zero-order valence-corrected chi connectivity index (χ0v) is 16.5. The Kier molecular flexibility index (Phi) is 5.65. The number of nitrogens with one attached hydrogen (secondary N) is 1. The molecule has 0 saturated carbocycles. The number of para-hydroxylation sites is 1. The third-order valence-electron chi connectivity index (χ3n) is 5.27. The molecule has 152 valence electrons. The Morgan fingerprint density at radius 2 is 1.72 bits per heavy atom. The summed E-state index contributed by atoms with van der Waals surface area (Å²) >= 11 is 5.93. The van der Waals surface area contributed by atoms with Gasteiger partial charge in [0.15, 0.2) is 0 Å². The van der Waals surface area contributed by atoms with E-state index in [4.69, 9.17) is 11.6 Å². The van der Waals surface area contributed by atoms with Crippen molar-refractivity contribution >= 4 is 28.2 Å². The van der Waals surface area contributed by atoms with E-state index in [1.807, 2.05) is 30.3 Å². The highest BCUT2D eigenvalue weighted by Crippen LogP contribution is 2.33. The van der Waals surface area contributed by atoms with E-state index in [1.165, 1.54) is 5.56 Å². The number of hydrogen-bond acceptors (Lipinski definition) is 3. The summed E-state index contributed by atoms with van der Waals surface area (Å²) in [6.45, 7) is 2.62. The van der Waals surface area contributed by atoms with Crippen LogP contribution in [-0.2, 0) is 12.7 Å². The summed E-state index contributed by atoms with van der Waals surface area (Å²) in [6.07, 6.45) is -2.74. The number of pyridine rings is 1. The van der Waals surface area contributed by atoms with Crippen LogP contribution in [0.4, 0.5) is 18.9 Å². The molecule has 0 atom stereocenters. The van der Waals surface area contributed by atoms with Crippen molar-refractivity contribution in [2.45, 2.75) is 31.6 Å². The zero-order valence-electron chi connectivity index (χ0n) is 15.7. The summed E-state index contributed by atoms with van der Waals surface area (Å²) < 4.78 is 39.8. The number of hydrogen-bond donors (Lipinski definition) is 1. The molecule has 0 unspecified atom stereocenters. The Morgan fingerprint density at radius 1 is 1.03 bits per heavy atom. The fraction of sp³-hybridized carbons (Fsp3) is 0.318. The van der Waals surface area contributed by atoms with Crippen LogP contribution in [0.25, 0.3) is 10.9 Å². The standard InChI is InChI=1S/C22H21ClF3N3/c23-16-7-5-15(6-8-16)14-29-11-9-17(10-12-29)27-20-13-21(22(24,25)26)28-19-4-2-1-3-18(19)20/h1-8,13,17H,9-12,14H2,(H,27,28). The number of alkyl halides is 3. The lowest BCUT2D eigenvalue weighted by atomic mass is 10.0. The number of fused-ring (bicyclic) bond motifs is 1. The topological polar surface area (TPSA) is 28.2 Å². The molecule has 29 heavy (non-hydrogen) atoms. The van der Waals surface area contributed by atoms with E-state index < -0.39 is 11.9 Å². The summed E-state index contributed by atoms with van der Waals surface area (Å²) in [5, 5.41) is 4.78. The van der Waals surface area contributed by atoms with E-state index in [2.05, 4.69) is 15.2 Å². The molecule has 2 heterocycles. The Bertz CT molecular complexity index is 981. The maximum absolute atomic E-state index is 13.3. The molecule has 0 radical (unpaired) electrons. The zero-order chi connectivity index (χ0) is 20.4. The molecule has 7 heteroatoms. The molecule has 1 N–H and O–H groups in total. The normalized spacial score (nSPS) is 16.3. The highest BCUT2D eigenvalue weighted by Gasteiger charge is 2.33. The Labute approximate surface area is 172 Å². The van der Waals surface area contributed by atoms with Crippen molar-refractivity contribution in [2.75, 3.05) is 18.4 Å². The maximum Gasteiger partial charge on any atom is 0.433 e. The van der Waals surface area contributed by atoms with Gasteiger partial charge in [0.1, 0.15) is 5.69 Å². The predicted octanol–water partition coefficient (Wildman–Crippen LogP) is 5.98. The number of aromatic nitrogens is 1. The van der Waals surface area contributed by atoms with Crippen LogP contribution in [0.1, 0.15) is 24.1 Å². The first-order valence-electron chi connectivity index (χ1n) is 9.59. The number of anilines is 1. The van der Waals surface area contributed by atoms with Crippen molar-refractivity contribution < 1.29 is 13.2 Å². The van der Waals surface area contributed by atoms with E-state index in [0.717, 1.165) is 43.6 Å². The van der Waals surface area contributed by atoms with Gasteiger partial charge in [-0.05, 0) is 42.7 Å². The van der Waals surface area contributed by atoms with E-state index in [1.54, 1.807) is 18.2 Å². The second-order valence-electron chi connectivity index (χ2n) is 7.39. The van der Waals surface area contributed by atoms with Crippen molar-refractivity contribution in [3.63, 3.8) is 0 Å². The fourth-order valence-electron chi connectivity index (χ4n) is 3.74. The van der Waals surface area contributed by atoms with Crippen LogP contribution in [0.2, 0.25) is 5.02 Å². The van der Waals surface area contributed by atoms with Crippen LogP contribution in [0.5, 0.6) is 0 Å². The third-order valence-corrected chi connectivity index (χ3v) is 5.53. The summed E-state index contributed by atoms with van der Waals surface area (Å²) in [5.74, 6) is 0. The van der Waals surface area contributed by atoms with Crippen molar-refractivity contribution in [3.05, 3.63) is 70.9 Å². The van der Waals surface area contributed by atoms with Gasteiger partial charge in [0, 0.05) is 41.8 Å². The minimum absolute atomic E-state index is 0.128. The monoisotopic (exact) mass is 419 g/mol. The highest BCUT2D eigenvalue weighted by molar-refractivity contribution is 6.30. The molecule has 2 aromatic carbocycles. The molecule has 1 aliphatic heterocycles. The van der Waals surface area contributed by atoms with Gasteiger partial charge in [0.05, 0.1) is 5.52 Å². The minimum atomic E-state index is -4.47. The van der Waals surface area contributed by atoms with E-state index >= 15 is 0 Å². The number of nitrogens with zero attached hydrogens (tertiary/aromatic N) is 2. The summed E-state index contributed by atoms with van der Waals surface area (Å²) in [4.78, 5) is 6.14. The van der Waals surface area contributed by atoms with Gasteiger partial charge in [-0.25, -0.2) is 4.98 Å². The molecule has 3 nitrogen and oxygen atoms in total. The molecule has 0 spiro atoms. The Balaban J connectivity index is 1.45. The largest absolute Gasteiger partial charge is 0.433 e. The maximum atomic E-state index is 13.3. The number of benzene rings is 2. The summed E-state index contributed by atoms with van der Waals surface area (Å²) in [7, 11) is 0. The van der Waals surface area contributed by atoms with Crippen LogP contribution in [0.3, 0.4) is 0 Å². The van der Waals surface area contributed by atoms with Crippen LogP contribution >= 0.6 is 11.6 Å². The highest BCUT2D eigenvalue weighted by atomic mass is 35.5. The van der Waals surface area contributed by atoms with Crippen molar-refractivity contribution in [1.29, 1.82) is 0 Å². The number of likely N-dealkylation sites (tertiary alicyclic amines) is 1. The van der Waals surface area contributed by atoms with Gasteiger partial charge in [0.2, 0.25) is 0 Å².